The Bertz CT molecular complexity index is 878. The van der Waals surface area contributed by atoms with Gasteiger partial charge in [0.15, 0.2) is 0 Å². The predicted molar refractivity (Wildman–Crippen MR) is 114 cm³/mol. The molecule has 1 N–H and O–H groups in total. The fourth-order valence-electron chi connectivity index (χ4n) is 3.52. The quantitative estimate of drug-likeness (QED) is 0.758. The largest absolute Gasteiger partial charge is 0.494 e. The summed E-state index contributed by atoms with van der Waals surface area (Å²) in [6.07, 6.45) is 0.262. The number of nitrogens with one attached hydrogen (secondary N) is 1. The summed E-state index contributed by atoms with van der Waals surface area (Å²) in [5.74, 6) is 0.339. The molecule has 1 heterocycles. The SMILES string of the molecule is CCOc1ccc(C(=O)NCCC(=O)N2CCN(c3ccc(F)cc3)CC2)cc1C. The molecule has 0 unspecified atom stereocenters. The van der Waals surface area contributed by atoms with Gasteiger partial charge in [-0.25, -0.2) is 4.39 Å². The Morgan fingerprint density at radius 1 is 1.07 bits per heavy atom. The highest BCUT2D eigenvalue weighted by molar-refractivity contribution is 5.94. The highest BCUT2D eigenvalue weighted by atomic mass is 19.1. The first kappa shape index (κ1) is 21.6. The van der Waals surface area contributed by atoms with Gasteiger partial charge >= 0.3 is 0 Å². The van der Waals surface area contributed by atoms with Crippen LogP contribution in [-0.2, 0) is 4.79 Å². The molecule has 0 aliphatic carbocycles. The molecule has 1 aliphatic heterocycles. The minimum atomic E-state index is -0.255. The molecule has 2 aromatic carbocycles. The maximum absolute atomic E-state index is 13.1. The molecule has 3 rings (SSSR count). The second-order valence-corrected chi connectivity index (χ2v) is 7.26. The molecular weight excluding hydrogens is 385 g/mol. The van der Waals surface area contributed by atoms with E-state index in [1.807, 2.05) is 18.7 Å². The number of benzene rings is 2. The third-order valence-corrected chi connectivity index (χ3v) is 5.19. The standard InChI is InChI=1S/C23H28FN3O3/c1-3-30-21-9-4-18(16-17(21)2)23(29)25-11-10-22(28)27-14-12-26(13-15-27)20-7-5-19(24)6-8-20/h4-9,16H,3,10-15H2,1-2H3,(H,25,29). The van der Waals surface area contributed by atoms with Crippen LogP contribution in [0.1, 0.15) is 29.3 Å². The average molecular weight is 413 g/mol. The highest BCUT2D eigenvalue weighted by Crippen LogP contribution is 2.19. The van der Waals surface area contributed by atoms with E-state index in [9.17, 15) is 14.0 Å². The minimum absolute atomic E-state index is 0.0249. The number of carbonyl (C=O) groups excluding carboxylic acids is 2. The van der Waals surface area contributed by atoms with Crippen LogP contribution < -0.4 is 15.0 Å². The summed E-state index contributed by atoms with van der Waals surface area (Å²) in [6.45, 7) is 7.32. The van der Waals surface area contributed by atoms with Crippen LogP contribution in [0.4, 0.5) is 10.1 Å². The molecule has 1 fully saturated rings. The normalized spacial score (nSPS) is 13.8. The second kappa shape index (κ2) is 10.1. The van der Waals surface area contributed by atoms with Crippen molar-refractivity contribution in [3.05, 3.63) is 59.4 Å². The molecule has 30 heavy (non-hydrogen) atoms. The Kier molecular flexibility index (Phi) is 7.27. The molecule has 0 bridgehead atoms. The van der Waals surface area contributed by atoms with Crippen LogP contribution in [0.5, 0.6) is 5.75 Å². The van der Waals surface area contributed by atoms with Gasteiger partial charge in [-0.15, -0.1) is 0 Å². The van der Waals surface area contributed by atoms with E-state index >= 15 is 0 Å². The van der Waals surface area contributed by atoms with Gasteiger partial charge in [-0.1, -0.05) is 0 Å². The molecular formula is C23H28FN3O3. The highest BCUT2D eigenvalue weighted by Gasteiger charge is 2.21. The molecule has 2 amide bonds. The van der Waals surface area contributed by atoms with Crippen molar-refractivity contribution in [2.45, 2.75) is 20.3 Å². The lowest BCUT2D eigenvalue weighted by Gasteiger charge is -2.36. The number of piperazine rings is 1. The fraction of sp³-hybridized carbons (Fsp3) is 0.391. The smallest absolute Gasteiger partial charge is 0.251 e. The third kappa shape index (κ3) is 5.49. The number of anilines is 1. The second-order valence-electron chi connectivity index (χ2n) is 7.26. The number of hydrogen-bond acceptors (Lipinski definition) is 4. The first-order chi connectivity index (χ1) is 14.5. The van der Waals surface area contributed by atoms with Crippen molar-refractivity contribution >= 4 is 17.5 Å². The van der Waals surface area contributed by atoms with Crippen LogP contribution in [-0.4, -0.2) is 56.0 Å². The van der Waals surface area contributed by atoms with Crippen molar-refractivity contribution in [2.75, 3.05) is 44.2 Å². The van der Waals surface area contributed by atoms with Crippen LogP contribution in [0, 0.1) is 12.7 Å². The number of hydrogen-bond donors (Lipinski definition) is 1. The van der Waals surface area contributed by atoms with Crippen molar-refractivity contribution in [3.8, 4) is 5.75 Å². The molecule has 0 spiro atoms. The van der Waals surface area contributed by atoms with E-state index in [4.69, 9.17) is 4.74 Å². The molecule has 6 nitrogen and oxygen atoms in total. The Hall–Kier alpha value is -3.09. The Labute approximate surface area is 176 Å². The molecule has 7 heteroatoms. The molecule has 160 valence electrons. The fourth-order valence-corrected chi connectivity index (χ4v) is 3.52. The number of rotatable bonds is 7. The van der Waals surface area contributed by atoms with Gasteiger partial charge in [-0.05, 0) is 61.9 Å². The monoisotopic (exact) mass is 413 g/mol. The first-order valence-electron chi connectivity index (χ1n) is 10.3. The van der Waals surface area contributed by atoms with Crippen LogP contribution in [0.2, 0.25) is 0 Å². The van der Waals surface area contributed by atoms with Crippen LogP contribution in [0.15, 0.2) is 42.5 Å². The van der Waals surface area contributed by atoms with Crippen molar-refractivity contribution in [2.24, 2.45) is 0 Å². The number of ether oxygens (including phenoxy) is 1. The van der Waals surface area contributed by atoms with E-state index in [1.54, 1.807) is 30.3 Å². The van der Waals surface area contributed by atoms with E-state index in [0.717, 1.165) is 17.0 Å². The van der Waals surface area contributed by atoms with E-state index < -0.39 is 0 Å². The topological polar surface area (TPSA) is 61.9 Å². The third-order valence-electron chi connectivity index (χ3n) is 5.19. The molecule has 0 radical (unpaired) electrons. The number of aryl methyl sites for hydroxylation is 1. The zero-order chi connectivity index (χ0) is 21.5. The summed E-state index contributed by atoms with van der Waals surface area (Å²) in [6, 6.07) is 11.7. The summed E-state index contributed by atoms with van der Waals surface area (Å²) in [7, 11) is 0. The Morgan fingerprint density at radius 2 is 1.77 bits per heavy atom. The number of halogens is 1. The lowest BCUT2D eigenvalue weighted by atomic mass is 10.1. The minimum Gasteiger partial charge on any atom is -0.494 e. The lowest BCUT2D eigenvalue weighted by Crippen LogP contribution is -2.49. The van der Waals surface area contributed by atoms with Crippen molar-refractivity contribution in [1.82, 2.24) is 10.2 Å². The van der Waals surface area contributed by atoms with Gasteiger partial charge in [0.05, 0.1) is 6.61 Å². The molecule has 2 aromatic rings. The maximum atomic E-state index is 13.1. The summed E-state index contributed by atoms with van der Waals surface area (Å²) < 4.78 is 18.6. The van der Waals surface area contributed by atoms with E-state index in [-0.39, 0.29) is 24.1 Å². The van der Waals surface area contributed by atoms with Gasteiger partial charge in [-0.3, -0.25) is 9.59 Å². The number of carbonyl (C=O) groups is 2. The Balaban J connectivity index is 1.42. The van der Waals surface area contributed by atoms with Crippen molar-refractivity contribution in [3.63, 3.8) is 0 Å². The van der Waals surface area contributed by atoms with E-state index in [0.29, 0.717) is 44.9 Å². The summed E-state index contributed by atoms with van der Waals surface area (Å²) in [5, 5.41) is 2.81. The van der Waals surface area contributed by atoms with Gasteiger partial charge < -0.3 is 19.9 Å². The van der Waals surface area contributed by atoms with E-state index in [1.165, 1.54) is 12.1 Å². The Morgan fingerprint density at radius 3 is 2.40 bits per heavy atom. The zero-order valence-corrected chi connectivity index (χ0v) is 17.5. The maximum Gasteiger partial charge on any atom is 0.251 e. The predicted octanol–water partition coefficient (Wildman–Crippen LogP) is 3.00. The number of nitrogens with zero attached hydrogens (tertiary/aromatic N) is 2. The molecule has 0 atom stereocenters. The average Bonchev–Trinajstić information content (AvgIpc) is 2.76. The van der Waals surface area contributed by atoms with Crippen molar-refractivity contribution < 1.29 is 18.7 Å². The van der Waals surface area contributed by atoms with Crippen molar-refractivity contribution in [1.29, 1.82) is 0 Å². The summed E-state index contributed by atoms with van der Waals surface area (Å²) in [5.41, 5.74) is 2.41. The molecule has 1 saturated heterocycles. The van der Waals surface area contributed by atoms with Gasteiger partial charge in [0.1, 0.15) is 11.6 Å². The first-order valence-corrected chi connectivity index (χ1v) is 10.3. The zero-order valence-electron chi connectivity index (χ0n) is 17.5. The van der Waals surface area contributed by atoms with Gasteiger partial charge in [0.2, 0.25) is 5.91 Å². The van der Waals surface area contributed by atoms with E-state index in [2.05, 4.69) is 10.2 Å². The summed E-state index contributed by atoms with van der Waals surface area (Å²) in [4.78, 5) is 28.8. The molecule has 0 saturated carbocycles. The molecule has 0 aromatic heterocycles. The van der Waals surface area contributed by atoms with Gasteiger partial charge in [0.25, 0.3) is 5.91 Å². The van der Waals surface area contributed by atoms with Gasteiger partial charge in [0, 0.05) is 50.4 Å². The number of amides is 2. The van der Waals surface area contributed by atoms with Crippen LogP contribution in [0.25, 0.3) is 0 Å². The molecule has 1 aliphatic rings. The lowest BCUT2D eigenvalue weighted by molar-refractivity contribution is -0.131. The van der Waals surface area contributed by atoms with Crippen LogP contribution in [0.3, 0.4) is 0 Å². The van der Waals surface area contributed by atoms with Gasteiger partial charge in [-0.2, -0.15) is 0 Å². The summed E-state index contributed by atoms with van der Waals surface area (Å²) >= 11 is 0. The van der Waals surface area contributed by atoms with Crippen LogP contribution >= 0.6 is 0 Å².